The third kappa shape index (κ3) is 8.62. The van der Waals surface area contributed by atoms with Crippen molar-refractivity contribution in [3.8, 4) is 23.0 Å². The van der Waals surface area contributed by atoms with Crippen LogP contribution >= 0.6 is 0 Å². The summed E-state index contributed by atoms with van der Waals surface area (Å²) in [6.45, 7) is 3.26. The van der Waals surface area contributed by atoms with Crippen LogP contribution < -0.4 is 24.8 Å². The van der Waals surface area contributed by atoms with Crippen molar-refractivity contribution in [3.05, 3.63) is 84.1 Å². The van der Waals surface area contributed by atoms with Gasteiger partial charge in [0.25, 0.3) is 0 Å². The van der Waals surface area contributed by atoms with Gasteiger partial charge in [-0.3, -0.25) is 20.0 Å². The molecular weight excluding hydrogens is 590 g/mol. The van der Waals surface area contributed by atoms with Gasteiger partial charge in [0, 0.05) is 49.0 Å². The maximum atomic E-state index is 15.0. The molecule has 5 rings (SSSR count). The van der Waals surface area contributed by atoms with Crippen LogP contribution in [-0.4, -0.2) is 79.6 Å². The molecule has 0 bridgehead atoms. The van der Waals surface area contributed by atoms with Crippen LogP contribution in [0.1, 0.15) is 5.56 Å². The minimum absolute atomic E-state index is 0.0431. The lowest BCUT2D eigenvalue weighted by Gasteiger charge is -2.28. The zero-order chi connectivity index (χ0) is 31.8. The molecule has 236 valence electrons. The Hall–Kier alpha value is -4.85. The summed E-state index contributed by atoms with van der Waals surface area (Å²) in [5.74, 6) is -0.888. The highest BCUT2D eigenvalue weighted by molar-refractivity contribution is 6.01. The number of methoxy groups -OCH3 is 1. The number of morpholine rings is 1. The van der Waals surface area contributed by atoms with E-state index in [1.807, 2.05) is 0 Å². The third-order valence-electron chi connectivity index (χ3n) is 6.93. The van der Waals surface area contributed by atoms with Crippen LogP contribution in [0.25, 0.3) is 10.9 Å². The first-order valence-corrected chi connectivity index (χ1v) is 14.2. The number of carbonyl (C=O) groups excluding carboxylic acids is 2. The Balaban J connectivity index is 1.21. The largest absolute Gasteiger partial charge is 0.493 e. The molecule has 1 aromatic heterocycles. The zero-order valence-electron chi connectivity index (χ0n) is 24.4. The van der Waals surface area contributed by atoms with E-state index < -0.39 is 29.7 Å². The Bertz CT molecular complexity index is 1650. The number of pyridine rings is 1. The molecule has 1 saturated heterocycles. The maximum absolute atomic E-state index is 15.0. The second-order valence-electron chi connectivity index (χ2n) is 10.3. The number of fused-ring (bicyclic) bond motifs is 1. The van der Waals surface area contributed by atoms with Crippen molar-refractivity contribution in [1.82, 2.24) is 15.2 Å². The van der Waals surface area contributed by atoms with E-state index in [0.29, 0.717) is 53.5 Å². The number of aromatic nitrogens is 1. The van der Waals surface area contributed by atoms with Gasteiger partial charge in [-0.25, -0.2) is 13.6 Å². The predicted octanol–water partition coefficient (Wildman–Crippen LogP) is 4.28. The van der Waals surface area contributed by atoms with E-state index in [4.69, 9.17) is 18.9 Å². The molecule has 2 heterocycles. The molecule has 1 aliphatic heterocycles. The van der Waals surface area contributed by atoms with E-state index in [0.717, 1.165) is 19.2 Å². The van der Waals surface area contributed by atoms with E-state index in [2.05, 4.69) is 20.5 Å². The summed E-state index contributed by atoms with van der Waals surface area (Å²) in [7, 11) is 1.48. The second-order valence-corrected chi connectivity index (χ2v) is 10.3. The number of carbonyl (C=O) groups is 2. The molecule has 45 heavy (non-hydrogen) atoms. The molecule has 0 spiro atoms. The van der Waals surface area contributed by atoms with E-state index >= 15 is 4.39 Å². The summed E-state index contributed by atoms with van der Waals surface area (Å²) >= 11 is 0. The Labute approximate surface area is 257 Å². The minimum atomic E-state index is -0.853. The number of halogens is 2. The zero-order valence-corrected chi connectivity index (χ0v) is 24.4. The molecule has 3 amide bonds. The average molecular weight is 623 g/mol. The van der Waals surface area contributed by atoms with Gasteiger partial charge >= 0.3 is 6.03 Å². The molecule has 13 heteroatoms. The summed E-state index contributed by atoms with van der Waals surface area (Å²) < 4.78 is 50.7. The number of nitrogens with zero attached hydrogens (tertiary/aromatic N) is 2. The molecule has 0 radical (unpaired) electrons. The van der Waals surface area contributed by atoms with Crippen LogP contribution in [0.15, 0.2) is 66.9 Å². The van der Waals surface area contributed by atoms with E-state index in [9.17, 15) is 19.1 Å². The van der Waals surface area contributed by atoms with Gasteiger partial charge in [0.1, 0.15) is 24.3 Å². The van der Waals surface area contributed by atoms with Crippen LogP contribution in [0.2, 0.25) is 0 Å². The summed E-state index contributed by atoms with van der Waals surface area (Å²) in [4.78, 5) is 30.9. The molecule has 3 aromatic carbocycles. The second kappa shape index (κ2) is 14.8. The van der Waals surface area contributed by atoms with Crippen molar-refractivity contribution in [3.63, 3.8) is 0 Å². The van der Waals surface area contributed by atoms with Crippen LogP contribution in [0.5, 0.6) is 23.0 Å². The number of rotatable bonds is 11. The Morgan fingerprint density at radius 2 is 1.78 bits per heavy atom. The molecule has 0 aliphatic carbocycles. The van der Waals surface area contributed by atoms with Crippen molar-refractivity contribution < 1.29 is 42.4 Å². The highest BCUT2D eigenvalue weighted by Crippen LogP contribution is 2.38. The number of anilines is 1. The van der Waals surface area contributed by atoms with Crippen molar-refractivity contribution in [2.45, 2.75) is 12.5 Å². The molecule has 4 aromatic rings. The number of ether oxygens (including phenoxy) is 4. The lowest BCUT2D eigenvalue weighted by molar-refractivity contribution is -0.119. The predicted molar refractivity (Wildman–Crippen MR) is 161 cm³/mol. The first-order valence-electron chi connectivity index (χ1n) is 14.2. The van der Waals surface area contributed by atoms with Crippen LogP contribution in [0.4, 0.5) is 19.3 Å². The van der Waals surface area contributed by atoms with Crippen molar-refractivity contribution in [1.29, 1.82) is 0 Å². The van der Waals surface area contributed by atoms with E-state index in [-0.39, 0.29) is 24.5 Å². The first kappa shape index (κ1) is 31.6. The van der Waals surface area contributed by atoms with Crippen molar-refractivity contribution in [2.75, 3.05) is 51.9 Å². The van der Waals surface area contributed by atoms with Gasteiger partial charge in [0.15, 0.2) is 23.1 Å². The monoisotopic (exact) mass is 622 g/mol. The summed E-state index contributed by atoms with van der Waals surface area (Å²) in [6, 6.07) is 13.1. The van der Waals surface area contributed by atoms with Gasteiger partial charge in [0.2, 0.25) is 5.91 Å². The van der Waals surface area contributed by atoms with Gasteiger partial charge in [-0.1, -0.05) is 12.1 Å². The Morgan fingerprint density at radius 1 is 1.00 bits per heavy atom. The molecule has 11 nitrogen and oxygen atoms in total. The number of aliphatic hydroxyl groups excluding tert-OH is 1. The average Bonchev–Trinajstić information content (AvgIpc) is 3.02. The molecular formula is C32H32F2N4O7. The highest BCUT2D eigenvalue weighted by atomic mass is 19.1. The fraction of sp³-hybridized carbons (Fsp3) is 0.281. The number of β-amino-alcohol motifs (C(OH)–C–C–N with tert-alkyl or cyclic N) is 1. The van der Waals surface area contributed by atoms with Crippen LogP contribution in [0, 0.1) is 11.6 Å². The minimum Gasteiger partial charge on any atom is -0.493 e. The maximum Gasteiger partial charge on any atom is 0.325 e. The van der Waals surface area contributed by atoms with Crippen LogP contribution in [0.3, 0.4) is 0 Å². The quantitative estimate of drug-likeness (QED) is 0.224. The number of aliphatic hydroxyl groups is 1. The van der Waals surface area contributed by atoms with E-state index in [1.54, 1.807) is 18.2 Å². The summed E-state index contributed by atoms with van der Waals surface area (Å²) in [6.07, 6.45) is 0.645. The Morgan fingerprint density at radius 3 is 2.51 bits per heavy atom. The number of hydrogen-bond donors (Lipinski definition) is 3. The number of amides is 3. The molecule has 1 atom stereocenters. The van der Waals surface area contributed by atoms with Gasteiger partial charge in [-0.05, 0) is 42.0 Å². The molecule has 1 fully saturated rings. The molecule has 0 saturated carbocycles. The highest BCUT2D eigenvalue weighted by Gasteiger charge is 2.18. The first-order chi connectivity index (χ1) is 21.8. The standard InChI is InChI=1S/C32H32F2N4O7/c1-42-29-16-24-26(17-30(29)44-19-23(39)18-38-10-12-43-13-11-38)35-9-8-27(24)45-28-7-6-22(15-25(28)34)36-32(41)37-31(40)14-20-2-4-21(33)5-3-20/h2-9,15-17,23,39H,10-14,18-19H2,1H3,(H2,36,37,40,41). The Kier molecular flexibility index (Phi) is 10.3. The number of imide groups is 1. The van der Waals surface area contributed by atoms with Crippen molar-refractivity contribution >= 4 is 28.5 Å². The number of benzene rings is 3. The van der Waals surface area contributed by atoms with Crippen LogP contribution in [-0.2, 0) is 16.0 Å². The lowest BCUT2D eigenvalue weighted by atomic mass is 10.1. The third-order valence-corrected chi connectivity index (χ3v) is 6.93. The smallest absolute Gasteiger partial charge is 0.325 e. The van der Waals surface area contributed by atoms with Gasteiger partial charge in [-0.15, -0.1) is 0 Å². The van der Waals surface area contributed by atoms with Gasteiger partial charge < -0.3 is 29.4 Å². The normalized spacial score (nSPS) is 14.0. The number of hydrogen-bond acceptors (Lipinski definition) is 9. The SMILES string of the molecule is COc1cc2c(Oc3ccc(NC(=O)NC(=O)Cc4ccc(F)cc4)cc3F)ccnc2cc1OCC(O)CN1CCOCC1. The molecule has 1 aliphatic rings. The van der Waals surface area contributed by atoms with Gasteiger partial charge in [0.05, 0.1) is 32.3 Å². The fourth-order valence-corrected chi connectivity index (χ4v) is 4.71. The lowest BCUT2D eigenvalue weighted by Crippen LogP contribution is -2.42. The number of nitrogens with one attached hydrogen (secondary N) is 2. The molecule has 1 unspecified atom stereocenters. The van der Waals surface area contributed by atoms with Crippen molar-refractivity contribution in [2.24, 2.45) is 0 Å². The fourth-order valence-electron chi connectivity index (χ4n) is 4.71. The van der Waals surface area contributed by atoms with E-state index in [1.165, 1.54) is 49.7 Å². The summed E-state index contributed by atoms with van der Waals surface area (Å²) in [5.41, 5.74) is 1.11. The molecule has 3 N–H and O–H groups in total. The van der Waals surface area contributed by atoms with Gasteiger partial charge in [-0.2, -0.15) is 0 Å². The summed E-state index contributed by atoms with van der Waals surface area (Å²) in [5, 5.41) is 15.5. The topological polar surface area (TPSA) is 131 Å². The number of urea groups is 1.